The van der Waals surface area contributed by atoms with Crippen LogP contribution in [0.3, 0.4) is 0 Å². The van der Waals surface area contributed by atoms with Crippen molar-refractivity contribution >= 4 is 0 Å². The van der Waals surface area contributed by atoms with Gasteiger partial charge in [0.05, 0.1) is 7.11 Å². The molecule has 1 N–H and O–H groups in total. The Balaban J connectivity index is 2.00. The summed E-state index contributed by atoms with van der Waals surface area (Å²) in [6, 6.07) is 9.09. The monoisotopic (exact) mass is 234 g/mol. The molecule has 0 bridgehead atoms. The van der Waals surface area contributed by atoms with Crippen molar-refractivity contribution in [2.24, 2.45) is 0 Å². The number of rotatable bonds is 6. The lowest BCUT2D eigenvalue weighted by atomic mass is 10.1. The van der Waals surface area contributed by atoms with Crippen molar-refractivity contribution in [3.8, 4) is 5.75 Å². The lowest BCUT2D eigenvalue weighted by Gasteiger charge is -2.38. The van der Waals surface area contributed by atoms with Crippen LogP contribution in [-0.2, 0) is 6.54 Å². The molecule has 17 heavy (non-hydrogen) atoms. The summed E-state index contributed by atoms with van der Waals surface area (Å²) in [5, 5.41) is 3.34. The summed E-state index contributed by atoms with van der Waals surface area (Å²) >= 11 is 0. The fraction of sp³-hybridized carbons (Fsp3) is 0.571. The van der Waals surface area contributed by atoms with Gasteiger partial charge in [-0.2, -0.15) is 0 Å². The zero-order valence-corrected chi connectivity index (χ0v) is 10.8. The van der Waals surface area contributed by atoms with Gasteiger partial charge in [-0.15, -0.1) is 0 Å². The van der Waals surface area contributed by atoms with Crippen LogP contribution in [0.15, 0.2) is 24.3 Å². The predicted molar refractivity (Wildman–Crippen MR) is 70.4 cm³/mol. The van der Waals surface area contributed by atoms with Gasteiger partial charge in [-0.1, -0.05) is 19.1 Å². The van der Waals surface area contributed by atoms with Crippen LogP contribution in [0, 0.1) is 0 Å². The fourth-order valence-corrected chi connectivity index (χ4v) is 2.21. The molecular formula is C14H22N2O. The van der Waals surface area contributed by atoms with E-state index in [-0.39, 0.29) is 0 Å². The second kappa shape index (κ2) is 6.03. The molecular weight excluding hydrogens is 212 g/mol. The van der Waals surface area contributed by atoms with Crippen molar-refractivity contribution in [3.05, 3.63) is 29.8 Å². The predicted octanol–water partition coefficient (Wildman–Crippen LogP) is 1.88. The molecule has 1 aliphatic rings. The molecule has 1 heterocycles. The van der Waals surface area contributed by atoms with Crippen LogP contribution in [0.5, 0.6) is 5.75 Å². The van der Waals surface area contributed by atoms with Gasteiger partial charge >= 0.3 is 0 Å². The van der Waals surface area contributed by atoms with E-state index in [4.69, 9.17) is 4.74 Å². The Morgan fingerprint density at radius 3 is 2.82 bits per heavy atom. The number of hydrogen-bond acceptors (Lipinski definition) is 3. The molecule has 0 spiro atoms. The van der Waals surface area contributed by atoms with E-state index in [0.29, 0.717) is 6.04 Å². The smallest absolute Gasteiger partial charge is 0.119 e. The minimum atomic E-state index is 0.709. The molecule has 0 radical (unpaired) electrons. The zero-order chi connectivity index (χ0) is 12.1. The molecule has 1 saturated heterocycles. The summed E-state index contributed by atoms with van der Waals surface area (Å²) in [5.74, 6) is 0.950. The second-order valence-electron chi connectivity index (χ2n) is 4.63. The van der Waals surface area contributed by atoms with Crippen LogP contribution in [0.25, 0.3) is 0 Å². The summed E-state index contributed by atoms with van der Waals surface area (Å²) in [6.07, 6.45) is 1.21. The third-order valence-corrected chi connectivity index (χ3v) is 3.31. The maximum absolute atomic E-state index is 5.27. The van der Waals surface area contributed by atoms with Crippen molar-refractivity contribution in [2.45, 2.75) is 25.9 Å². The molecule has 0 saturated carbocycles. The quantitative estimate of drug-likeness (QED) is 0.813. The second-order valence-corrected chi connectivity index (χ2v) is 4.63. The van der Waals surface area contributed by atoms with Gasteiger partial charge in [0, 0.05) is 25.7 Å². The molecule has 3 heteroatoms. The highest BCUT2D eigenvalue weighted by Gasteiger charge is 2.23. The molecule has 1 aromatic rings. The first-order chi connectivity index (χ1) is 8.33. The van der Waals surface area contributed by atoms with Crippen LogP contribution >= 0.6 is 0 Å². The van der Waals surface area contributed by atoms with E-state index in [1.807, 2.05) is 6.07 Å². The Morgan fingerprint density at radius 1 is 1.41 bits per heavy atom. The number of hydrogen-bond donors (Lipinski definition) is 1. The first kappa shape index (κ1) is 12.4. The number of ether oxygens (including phenoxy) is 1. The molecule has 1 aromatic carbocycles. The number of benzene rings is 1. The van der Waals surface area contributed by atoms with Gasteiger partial charge in [0.1, 0.15) is 5.75 Å². The molecule has 0 atom stereocenters. The van der Waals surface area contributed by atoms with E-state index < -0.39 is 0 Å². The van der Waals surface area contributed by atoms with Crippen LogP contribution in [0.2, 0.25) is 0 Å². The van der Waals surface area contributed by atoms with Crippen LogP contribution in [-0.4, -0.2) is 37.7 Å². The van der Waals surface area contributed by atoms with Gasteiger partial charge in [0.25, 0.3) is 0 Å². The number of nitrogens with one attached hydrogen (secondary N) is 1. The Hall–Kier alpha value is -1.06. The van der Waals surface area contributed by atoms with Crippen molar-refractivity contribution in [1.29, 1.82) is 0 Å². The van der Waals surface area contributed by atoms with Gasteiger partial charge in [0.2, 0.25) is 0 Å². The van der Waals surface area contributed by atoms with E-state index in [2.05, 4.69) is 35.3 Å². The Kier molecular flexibility index (Phi) is 4.40. The van der Waals surface area contributed by atoms with E-state index in [1.165, 1.54) is 18.5 Å². The summed E-state index contributed by atoms with van der Waals surface area (Å²) in [6.45, 7) is 6.69. The molecule has 0 amide bonds. The van der Waals surface area contributed by atoms with Gasteiger partial charge in [-0.25, -0.2) is 0 Å². The van der Waals surface area contributed by atoms with Crippen molar-refractivity contribution in [1.82, 2.24) is 10.2 Å². The van der Waals surface area contributed by atoms with Crippen molar-refractivity contribution in [3.63, 3.8) is 0 Å². The summed E-state index contributed by atoms with van der Waals surface area (Å²) in [5.41, 5.74) is 1.34. The van der Waals surface area contributed by atoms with Gasteiger partial charge < -0.3 is 10.1 Å². The fourth-order valence-electron chi connectivity index (χ4n) is 2.21. The normalized spacial score (nSPS) is 15.9. The van der Waals surface area contributed by atoms with Crippen LogP contribution < -0.4 is 10.1 Å². The van der Waals surface area contributed by atoms with Crippen LogP contribution in [0.4, 0.5) is 0 Å². The molecule has 1 fully saturated rings. The molecule has 0 unspecified atom stereocenters. The number of methoxy groups -OCH3 is 1. The lowest BCUT2D eigenvalue weighted by Crippen LogP contribution is -2.56. The van der Waals surface area contributed by atoms with E-state index in [1.54, 1.807) is 7.11 Å². The SMILES string of the molecule is CCCN(Cc1cccc(OC)c1)C1CNC1. The van der Waals surface area contributed by atoms with Gasteiger partial charge in [0.15, 0.2) is 0 Å². The molecule has 2 rings (SSSR count). The molecule has 1 aliphatic heterocycles. The third-order valence-electron chi connectivity index (χ3n) is 3.31. The van der Waals surface area contributed by atoms with Gasteiger partial charge in [-0.3, -0.25) is 4.90 Å². The standard InChI is InChI=1S/C14H22N2O/c1-3-7-16(13-9-15-10-13)11-12-5-4-6-14(8-12)17-2/h4-6,8,13,15H,3,7,9-11H2,1-2H3. The van der Waals surface area contributed by atoms with Crippen LogP contribution in [0.1, 0.15) is 18.9 Å². The summed E-state index contributed by atoms with van der Waals surface area (Å²) < 4.78 is 5.27. The van der Waals surface area contributed by atoms with E-state index in [9.17, 15) is 0 Å². The maximum atomic E-state index is 5.27. The third kappa shape index (κ3) is 3.20. The number of nitrogens with zero attached hydrogens (tertiary/aromatic N) is 1. The lowest BCUT2D eigenvalue weighted by molar-refractivity contribution is 0.137. The van der Waals surface area contributed by atoms with Crippen molar-refractivity contribution in [2.75, 3.05) is 26.7 Å². The first-order valence-electron chi connectivity index (χ1n) is 6.41. The highest BCUT2D eigenvalue weighted by molar-refractivity contribution is 5.28. The molecule has 3 nitrogen and oxygen atoms in total. The first-order valence-corrected chi connectivity index (χ1v) is 6.41. The largest absolute Gasteiger partial charge is 0.497 e. The summed E-state index contributed by atoms with van der Waals surface area (Å²) in [7, 11) is 1.72. The topological polar surface area (TPSA) is 24.5 Å². The van der Waals surface area contributed by atoms with Gasteiger partial charge in [-0.05, 0) is 30.7 Å². The molecule has 0 aromatic heterocycles. The Morgan fingerprint density at radius 2 is 2.24 bits per heavy atom. The average Bonchev–Trinajstić information content (AvgIpc) is 2.27. The molecule has 94 valence electrons. The highest BCUT2D eigenvalue weighted by atomic mass is 16.5. The van der Waals surface area contributed by atoms with E-state index in [0.717, 1.165) is 25.4 Å². The minimum Gasteiger partial charge on any atom is -0.497 e. The summed E-state index contributed by atoms with van der Waals surface area (Å²) in [4.78, 5) is 2.56. The Labute approximate surface area is 104 Å². The Bertz CT molecular complexity index is 350. The van der Waals surface area contributed by atoms with E-state index >= 15 is 0 Å². The minimum absolute atomic E-state index is 0.709. The highest BCUT2D eigenvalue weighted by Crippen LogP contribution is 2.16. The zero-order valence-electron chi connectivity index (χ0n) is 10.8. The molecule has 0 aliphatic carbocycles. The average molecular weight is 234 g/mol. The van der Waals surface area contributed by atoms with Crippen molar-refractivity contribution < 1.29 is 4.74 Å². The maximum Gasteiger partial charge on any atom is 0.119 e.